The van der Waals surface area contributed by atoms with Crippen LogP contribution < -0.4 is 0 Å². The van der Waals surface area contributed by atoms with E-state index in [2.05, 4.69) is 51.2 Å². The Kier molecular flexibility index (Phi) is 4.24. The van der Waals surface area contributed by atoms with Crippen LogP contribution in [0, 0.1) is 5.92 Å². The third-order valence-electron chi connectivity index (χ3n) is 7.12. The molecule has 0 unspecified atom stereocenters. The maximum Gasteiger partial charge on any atom is 0.0995 e. The van der Waals surface area contributed by atoms with Gasteiger partial charge in [-0.05, 0) is 96.4 Å². The number of rotatable bonds is 4. The van der Waals surface area contributed by atoms with E-state index in [1.807, 2.05) is 23.9 Å². The highest BCUT2D eigenvalue weighted by molar-refractivity contribution is 7.17. The molecule has 3 heterocycles. The van der Waals surface area contributed by atoms with Gasteiger partial charge in [-0.2, -0.15) is 0 Å². The summed E-state index contributed by atoms with van der Waals surface area (Å²) in [5.74, 6) is 1.58. The van der Waals surface area contributed by atoms with Crippen molar-refractivity contribution in [1.82, 2.24) is 9.38 Å². The number of nitrogens with zero attached hydrogens (tertiary/aromatic N) is 2. The fraction of sp³-hybridized carbons (Fsp3) is 0.400. The molecule has 1 aromatic carbocycles. The number of imidazole rings is 1. The van der Waals surface area contributed by atoms with Gasteiger partial charge in [0.1, 0.15) is 0 Å². The molecule has 4 heteroatoms. The van der Waals surface area contributed by atoms with Crippen molar-refractivity contribution in [3.63, 3.8) is 0 Å². The Morgan fingerprint density at radius 3 is 2.62 bits per heavy atom. The van der Waals surface area contributed by atoms with Crippen molar-refractivity contribution in [2.45, 2.75) is 56.5 Å². The summed E-state index contributed by atoms with van der Waals surface area (Å²) in [6.07, 6.45) is 10.4. The van der Waals surface area contributed by atoms with E-state index in [1.165, 1.54) is 34.1 Å². The molecule has 3 aromatic heterocycles. The van der Waals surface area contributed by atoms with Crippen molar-refractivity contribution in [1.29, 1.82) is 0 Å². The quantitative estimate of drug-likeness (QED) is 0.427. The molecule has 0 spiro atoms. The van der Waals surface area contributed by atoms with E-state index < -0.39 is 6.10 Å². The minimum Gasteiger partial charge on any atom is -0.387 e. The van der Waals surface area contributed by atoms with Crippen LogP contribution in [-0.2, 0) is 0 Å². The van der Waals surface area contributed by atoms with Gasteiger partial charge in [-0.1, -0.05) is 18.2 Å². The number of aliphatic hydroxyl groups is 1. The van der Waals surface area contributed by atoms with Crippen molar-refractivity contribution in [2.75, 3.05) is 0 Å². The average Bonchev–Trinajstić information content (AvgIpc) is 3.30. The van der Waals surface area contributed by atoms with Crippen LogP contribution >= 0.6 is 11.3 Å². The molecule has 1 atom stereocenters. The van der Waals surface area contributed by atoms with Gasteiger partial charge < -0.3 is 9.51 Å². The Balaban J connectivity index is 1.24. The Hall–Kier alpha value is -2.17. The molecule has 29 heavy (non-hydrogen) atoms. The van der Waals surface area contributed by atoms with E-state index in [-0.39, 0.29) is 0 Å². The first-order valence-corrected chi connectivity index (χ1v) is 11.8. The number of aliphatic hydroxyl groups excluding tert-OH is 1. The molecule has 2 aliphatic carbocycles. The summed E-state index contributed by atoms with van der Waals surface area (Å²) in [5.41, 5.74) is 5.00. The first-order chi connectivity index (χ1) is 14.3. The van der Waals surface area contributed by atoms with E-state index in [0.29, 0.717) is 17.8 Å². The maximum atomic E-state index is 11.4. The molecule has 0 aliphatic heterocycles. The van der Waals surface area contributed by atoms with E-state index in [1.54, 1.807) is 0 Å². The molecule has 4 aromatic rings. The second-order valence-corrected chi connectivity index (χ2v) is 9.86. The summed E-state index contributed by atoms with van der Waals surface area (Å²) in [4.78, 5) is 4.34. The van der Waals surface area contributed by atoms with Crippen LogP contribution in [0.1, 0.15) is 73.3 Å². The van der Waals surface area contributed by atoms with Crippen LogP contribution in [0.15, 0.2) is 54.3 Å². The van der Waals surface area contributed by atoms with E-state index in [0.717, 1.165) is 36.9 Å². The summed E-state index contributed by atoms with van der Waals surface area (Å²) in [6.45, 7) is 0. The molecule has 148 valence electrons. The van der Waals surface area contributed by atoms with Gasteiger partial charge in [-0.25, -0.2) is 4.98 Å². The van der Waals surface area contributed by atoms with Crippen LogP contribution in [0.3, 0.4) is 0 Å². The average molecular weight is 403 g/mol. The van der Waals surface area contributed by atoms with Gasteiger partial charge in [0, 0.05) is 4.70 Å². The lowest BCUT2D eigenvalue weighted by Gasteiger charge is -2.33. The van der Waals surface area contributed by atoms with Gasteiger partial charge in [-0.3, -0.25) is 0 Å². The van der Waals surface area contributed by atoms with Gasteiger partial charge in [0.05, 0.1) is 29.8 Å². The van der Waals surface area contributed by atoms with E-state index >= 15 is 0 Å². The van der Waals surface area contributed by atoms with Crippen LogP contribution in [0.4, 0.5) is 0 Å². The normalized spacial score (nSPS) is 23.6. The molecule has 6 rings (SSSR count). The smallest absolute Gasteiger partial charge is 0.0995 e. The molecule has 0 bridgehead atoms. The van der Waals surface area contributed by atoms with Gasteiger partial charge in [-0.15, -0.1) is 11.3 Å². The topological polar surface area (TPSA) is 37.5 Å². The number of benzene rings is 1. The van der Waals surface area contributed by atoms with Crippen molar-refractivity contribution in [3.05, 3.63) is 71.1 Å². The zero-order valence-corrected chi connectivity index (χ0v) is 17.3. The first kappa shape index (κ1) is 17.7. The van der Waals surface area contributed by atoms with Crippen molar-refractivity contribution < 1.29 is 5.11 Å². The highest BCUT2D eigenvalue weighted by Gasteiger charge is 2.34. The number of pyridine rings is 1. The minimum absolute atomic E-state index is 0.335. The molecule has 2 fully saturated rings. The number of fused-ring (bicyclic) bond motifs is 2. The molecule has 0 radical (unpaired) electrons. The number of thiophene rings is 1. The molecular formula is C25H26N2OS. The lowest BCUT2D eigenvalue weighted by atomic mass is 9.75. The standard InChI is InChI=1S/C25H26N2OS/c28-25(24-22(17-3-4-17)9-8-21-14-26-15-27(21)24)18-5-1-16(2-6-18)19-7-10-23-20(13-19)11-12-29-23/h7-18,25,28H,1-6H2/t16-,18-,25-/m0/s1. The largest absolute Gasteiger partial charge is 0.387 e. The number of hydrogen-bond acceptors (Lipinski definition) is 3. The maximum absolute atomic E-state index is 11.4. The summed E-state index contributed by atoms with van der Waals surface area (Å²) in [5, 5.41) is 15.0. The molecular weight excluding hydrogens is 376 g/mol. The SMILES string of the molecule is O[C@H](c1c(C2CC2)ccc2cncn12)[C@H]1CC[C@H](c2ccc3sccc3c2)CC1. The zero-order valence-electron chi connectivity index (χ0n) is 16.5. The summed E-state index contributed by atoms with van der Waals surface area (Å²) >= 11 is 1.81. The fourth-order valence-electron chi connectivity index (χ4n) is 5.31. The fourth-order valence-corrected chi connectivity index (χ4v) is 6.08. The van der Waals surface area contributed by atoms with Crippen LogP contribution in [0.5, 0.6) is 0 Å². The lowest BCUT2D eigenvalue weighted by molar-refractivity contribution is 0.0754. The predicted molar refractivity (Wildman–Crippen MR) is 119 cm³/mol. The minimum atomic E-state index is -0.399. The van der Waals surface area contributed by atoms with Gasteiger partial charge >= 0.3 is 0 Å². The van der Waals surface area contributed by atoms with Crippen LogP contribution in [0.25, 0.3) is 15.6 Å². The molecule has 3 nitrogen and oxygen atoms in total. The third-order valence-corrected chi connectivity index (χ3v) is 8.02. The summed E-state index contributed by atoms with van der Waals surface area (Å²) in [6, 6.07) is 13.6. The third kappa shape index (κ3) is 3.10. The van der Waals surface area contributed by atoms with Crippen molar-refractivity contribution in [3.8, 4) is 0 Å². The van der Waals surface area contributed by atoms with E-state index in [4.69, 9.17) is 0 Å². The Bertz CT molecular complexity index is 1160. The Morgan fingerprint density at radius 1 is 0.966 bits per heavy atom. The van der Waals surface area contributed by atoms with Crippen molar-refractivity contribution >= 4 is 26.9 Å². The zero-order chi connectivity index (χ0) is 19.4. The Labute approximate surface area is 175 Å². The summed E-state index contributed by atoms with van der Waals surface area (Å²) < 4.78 is 3.51. The van der Waals surface area contributed by atoms with Gasteiger partial charge in [0.15, 0.2) is 0 Å². The highest BCUT2D eigenvalue weighted by Crippen LogP contribution is 2.47. The monoisotopic (exact) mass is 402 g/mol. The molecule has 0 saturated heterocycles. The summed E-state index contributed by atoms with van der Waals surface area (Å²) in [7, 11) is 0. The predicted octanol–water partition coefficient (Wildman–Crippen LogP) is 6.43. The van der Waals surface area contributed by atoms with Crippen LogP contribution in [-0.4, -0.2) is 14.5 Å². The molecule has 1 N–H and O–H groups in total. The lowest BCUT2D eigenvalue weighted by Crippen LogP contribution is -2.22. The molecule has 0 amide bonds. The number of aromatic nitrogens is 2. The second kappa shape index (κ2) is 6.96. The van der Waals surface area contributed by atoms with Crippen LogP contribution in [0.2, 0.25) is 0 Å². The van der Waals surface area contributed by atoms with Crippen molar-refractivity contribution in [2.24, 2.45) is 5.92 Å². The molecule has 2 saturated carbocycles. The Morgan fingerprint density at radius 2 is 1.79 bits per heavy atom. The highest BCUT2D eigenvalue weighted by atomic mass is 32.1. The van der Waals surface area contributed by atoms with Gasteiger partial charge in [0.25, 0.3) is 0 Å². The van der Waals surface area contributed by atoms with Gasteiger partial charge in [0.2, 0.25) is 0 Å². The number of hydrogen-bond donors (Lipinski definition) is 1. The van der Waals surface area contributed by atoms with E-state index in [9.17, 15) is 5.11 Å². The first-order valence-electron chi connectivity index (χ1n) is 10.9. The second-order valence-electron chi connectivity index (χ2n) is 8.91. The molecule has 2 aliphatic rings.